The van der Waals surface area contributed by atoms with Crippen LogP contribution in [0.5, 0.6) is 0 Å². The summed E-state index contributed by atoms with van der Waals surface area (Å²) in [4.78, 5) is 0. The van der Waals surface area contributed by atoms with Crippen LogP contribution in [0.2, 0.25) is 0 Å². The van der Waals surface area contributed by atoms with E-state index in [4.69, 9.17) is 12.2 Å². The van der Waals surface area contributed by atoms with Crippen LogP contribution in [-0.4, -0.2) is 11.7 Å². The summed E-state index contributed by atoms with van der Waals surface area (Å²) in [6.07, 6.45) is 0. The fraction of sp³-hybridized carbons (Fsp3) is 0.222. The number of para-hydroxylation sites is 1. The van der Waals surface area contributed by atoms with E-state index in [0.717, 1.165) is 0 Å². The summed E-state index contributed by atoms with van der Waals surface area (Å²) in [5.41, 5.74) is 0.360. The summed E-state index contributed by atoms with van der Waals surface area (Å²) in [5.74, 6) is -0.334. The summed E-state index contributed by atoms with van der Waals surface area (Å²) >= 11 is 8.18. The zero-order valence-corrected chi connectivity index (χ0v) is 10.0. The van der Waals surface area contributed by atoms with Gasteiger partial charge in [-0.1, -0.05) is 6.07 Å². The zero-order valence-electron chi connectivity index (χ0n) is 7.60. The average molecular weight is 277 g/mol. The van der Waals surface area contributed by atoms with Crippen molar-refractivity contribution in [3.8, 4) is 0 Å². The van der Waals surface area contributed by atoms with Crippen molar-refractivity contribution < 1.29 is 4.39 Å². The Morgan fingerprint density at radius 1 is 1.57 bits per heavy atom. The molecule has 0 heterocycles. The van der Waals surface area contributed by atoms with Gasteiger partial charge in [-0.25, -0.2) is 4.39 Å². The third-order valence-electron chi connectivity index (χ3n) is 1.54. The lowest BCUT2D eigenvalue weighted by atomic mass is 10.3. The van der Waals surface area contributed by atoms with Gasteiger partial charge in [-0.2, -0.15) is 0 Å². The molecule has 1 aromatic carbocycles. The van der Waals surface area contributed by atoms with Gasteiger partial charge >= 0.3 is 0 Å². The summed E-state index contributed by atoms with van der Waals surface area (Å²) in [6, 6.07) is 4.75. The van der Waals surface area contributed by atoms with Gasteiger partial charge in [-0.15, -0.1) is 0 Å². The number of rotatable bonds is 2. The van der Waals surface area contributed by atoms with Gasteiger partial charge in [0.25, 0.3) is 0 Å². The first kappa shape index (κ1) is 11.4. The quantitative estimate of drug-likeness (QED) is 0.813. The van der Waals surface area contributed by atoms with Crippen LogP contribution in [0.1, 0.15) is 6.92 Å². The van der Waals surface area contributed by atoms with Crippen molar-refractivity contribution in [2.24, 2.45) is 0 Å². The molecule has 1 rings (SSSR count). The Balaban J connectivity index is 2.80. The predicted octanol–water partition coefficient (Wildman–Crippen LogP) is 2.89. The summed E-state index contributed by atoms with van der Waals surface area (Å²) in [7, 11) is 0. The maximum Gasteiger partial charge on any atom is 0.170 e. The van der Waals surface area contributed by atoms with Crippen molar-refractivity contribution in [2.75, 3.05) is 11.9 Å². The number of thiocarbonyl (C=S) groups is 1. The number of halogens is 2. The average Bonchev–Trinajstić information content (AvgIpc) is 2.12. The van der Waals surface area contributed by atoms with E-state index in [9.17, 15) is 4.39 Å². The highest BCUT2D eigenvalue weighted by Gasteiger charge is 2.06. The van der Waals surface area contributed by atoms with Gasteiger partial charge < -0.3 is 10.6 Å². The molecule has 5 heteroatoms. The van der Waals surface area contributed by atoms with Crippen LogP contribution in [0.4, 0.5) is 10.1 Å². The van der Waals surface area contributed by atoms with Crippen LogP contribution in [-0.2, 0) is 0 Å². The van der Waals surface area contributed by atoms with Gasteiger partial charge in [-0.3, -0.25) is 0 Å². The number of benzene rings is 1. The molecule has 0 aliphatic carbocycles. The van der Waals surface area contributed by atoms with E-state index in [1.165, 1.54) is 6.07 Å². The van der Waals surface area contributed by atoms with E-state index < -0.39 is 0 Å². The molecule has 76 valence electrons. The molecule has 0 saturated carbocycles. The Morgan fingerprint density at radius 3 is 2.86 bits per heavy atom. The second kappa shape index (κ2) is 5.26. The van der Waals surface area contributed by atoms with Crippen molar-refractivity contribution in [1.82, 2.24) is 5.32 Å². The van der Waals surface area contributed by atoms with E-state index in [1.54, 1.807) is 12.1 Å². The molecule has 0 atom stereocenters. The minimum absolute atomic E-state index is 0.334. The second-order valence-electron chi connectivity index (χ2n) is 2.58. The van der Waals surface area contributed by atoms with Gasteiger partial charge in [0, 0.05) is 11.0 Å². The van der Waals surface area contributed by atoms with Crippen molar-refractivity contribution >= 4 is 38.9 Å². The maximum absolute atomic E-state index is 13.3. The number of anilines is 1. The third-order valence-corrected chi connectivity index (χ3v) is 2.45. The molecule has 0 saturated heterocycles. The molecule has 2 nitrogen and oxygen atoms in total. The van der Waals surface area contributed by atoms with Crippen LogP contribution in [0.25, 0.3) is 0 Å². The van der Waals surface area contributed by atoms with E-state index >= 15 is 0 Å². The van der Waals surface area contributed by atoms with Crippen LogP contribution >= 0.6 is 28.1 Å². The Kier molecular flexibility index (Phi) is 4.28. The summed E-state index contributed by atoms with van der Waals surface area (Å²) in [6.45, 7) is 2.63. The highest BCUT2D eigenvalue weighted by atomic mass is 79.9. The van der Waals surface area contributed by atoms with E-state index in [-0.39, 0.29) is 5.82 Å². The molecular formula is C9H10BrFN2S. The molecule has 1 aromatic rings. The molecule has 0 aliphatic rings. The highest BCUT2D eigenvalue weighted by Crippen LogP contribution is 2.24. The van der Waals surface area contributed by atoms with Gasteiger partial charge in [0.1, 0.15) is 5.82 Å². The van der Waals surface area contributed by atoms with Gasteiger partial charge in [0.05, 0.1) is 5.69 Å². The largest absolute Gasteiger partial charge is 0.363 e. The fourth-order valence-electron chi connectivity index (χ4n) is 0.936. The molecule has 0 unspecified atom stereocenters. The lowest BCUT2D eigenvalue weighted by molar-refractivity contribution is 0.631. The second-order valence-corrected chi connectivity index (χ2v) is 3.84. The fourth-order valence-corrected chi connectivity index (χ4v) is 1.62. The maximum atomic E-state index is 13.3. The first-order valence-electron chi connectivity index (χ1n) is 4.14. The molecule has 0 spiro atoms. The molecule has 14 heavy (non-hydrogen) atoms. The van der Waals surface area contributed by atoms with Gasteiger partial charge in [0.2, 0.25) is 0 Å². The number of hydrogen-bond donors (Lipinski definition) is 2. The van der Waals surface area contributed by atoms with E-state index in [0.29, 0.717) is 21.8 Å². The molecular weight excluding hydrogens is 267 g/mol. The Morgan fingerprint density at radius 2 is 2.29 bits per heavy atom. The first-order chi connectivity index (χ1) is 6.65. The Hall–Kier alpha value is -0.680. The molecule has 0 radical (unpaired) electrons. The minimum atomic E-state index is -0.334. The lowest BCUT2D eigenvalue weighted by Crippen LogP contribution is -2.28. The van der Waals surface area contributed by atoms with Crippen molar-refractivity contribution in [2.45, 2.75) is 6.92 Å². The molecule has 0 aliphatic heterocycles. The standard InChI is InChI=1S/C9H10BrFN2S/c1-2-12-9(14)13-8-6(10)4-3-5-7(8)11/h3-5H,2H2,1H3,(H2,12,13,14). The van der Waals surface area contributed by atoms with Crippen molar-refractivity contribution in [3.05, 3.63) is 28.5 Å². The van der Waals surface area contributed by atoms with Crippen LogP contribution in [0, 0.1) is 5.82 Å². The Labute approximate surface area is 96.0 Å². The van der Waals surface area contributed by atoms with Crippen molar-refractivity contribution in [1.29, 1.82) is 0 Å². The third kappa shape index (κ3) is 2.92. The normalized spacial score (nSPS) is 9.64. The number of nitrogens with one attached hydrogen (secondary N) is 2. The van der Waals surface area contributed by atoms with E-state index in [2.05, 4.69) is 26.6 Å². The lowest BCUT2D eigenvalue weighted by Gasteiger charge is -2.10. The minimum Gasteiger partial charge on any atom is -0.363 e. The molecule has 0 fully saturated rings. The molecule has 0 bridgehead atoms. The zero-order chi connectivity index (χ0) is 10.6. The van der Waals surface area contributed by atoms with E-state index in [1.807, 2.05) is 6.92 Å². The topological polar surface area (TPSA) is 24.1 Å². The van der Waals surface area contributed by atoms with Gasteiger partial charge in [-0.05, 0) is 47.2 Å². The van der Waals surface area contributed by atoms with Crippen molar-refractivity contribution in [3.63, 3.8) is 0 Å². The smallest absolute Gasteiger partial charge is 0.170 e. The van der Waals surface area contributed by atoms with Crippen LogP contribution in [0.3, 0.4) is 0 Å². The molecule has 0 amide bonds. The first-order valence-corrected chi connectivity index (χ1v) is 5.34. The molecule has 0 aromatic heterocycles. The Bertz CT molecular complexity index is 323. The number of hydrogen-bond acceptors (Lipinski definition) is 1. The summed E-state index contributed by atoms with van der Waals surface area (Å²) < 4.78 is 13.9. The van der Waals surface area contributed by atoms with Crippen LogP contribution in [0.15, 0.2) is 22.7 Å². The summed E-state index contributed by atoms with van der Waals surface area (Å²) in [5, 5.41) is 6.07. The predicted molar refractivity (Wildman–Crippen MR) is 64.0 cm³/mol. The SMILES string of the molecule is CCNC(=S)Nc1c(F)cccc1Br. The monoisotopic (exact) mass is 276 g/mol. The highest BCUT2D eigenvalue weighted by molar-refractivity contribution is 9.10. The van der Waals surface area contributed by atoms with Gasteiger partial charge in [0.15, 0.2) is 5.11 Å². The molecule has 2 N–H and O–H groups in total. The van der Waals surface area contributed by atoms with Crippen LogP contribution < -0.4 is 10.6 Å².